The summed E-state index contributed by atoms with van der Waals surface area (Å²) in [6.45, 7) is 4.17. The van der Waals surface area contributed by atoms with E-state index in [-0.39, 0.29) is 10.7 Å². The summed E-state index contributed by atoms with van der Waals surface area (Å²) in [4.78, 5) is 11.4. The van der Waals surface area contributed by atoms with Crippen LogP contribution in [0.4, 0.5) is 0 Å². The van der Waals surface area contributed by atoms with Gasteiger partial charge in [-0.15, -0.1) is 0 Å². The minimum Gasteiger partial charge on any atom is -0.486 e. The molecule has 25 heavy (non-hydrogen) atoms. The Morgan fingerprint density at radius 3 is 2.32 bits per heavy atom. The van der Waals surface area contributed by atoms with Gasteiger partial charge >= 0.3 is 0 Å². The standard InChI is InChI=1S/C18H19NO5S/c1-12(15-5-8-17-18(11-15)24-10-9-23-17)19-25(21,22)16-6-3-14(4-7-16)13(2)20/h3-8,11-12,19H,9-10H2,1-2H3/t12-/m1/s1. The average molecular weight is 361 g/mol. The van der Waals surface area contributed by atoms with Crippen molar-refractivity contribution in [1.29, 1.82) is 0 Å². The maximum atomic E-state index is 12.5. The molecule has 1 aliphatic heterocycles. The molecule has 0 saturated heterocycles. The first-order valence-corrected chi connectivity index (χ1v) is 9.38. The molecule has 7 heteroatoms. The van der Waals surface area contributed by atoms with Crippen molar-refractivity contribution in [3.63, 3.8) is 0 Å². The van der Waals surface area contributed by atoms with Gasteiger partial charge in [-0.3, -0.25) is 4.79 Å². The highest BCUT2D eigenvalue weighted by atomic mass is 32.2. The van der Waals surface area contributed by atoms with E-state index in [1.54, 1.807) is 25.1 Å². The molecular weight excluding hydrogens is 342 g/mol. The van der Waals surface area contributed by atoms with Gasteiger partial charge < -0.3 is 9.47 Å². The number of fused-ring (bicyclic) bond motifs is 1. The molecule has 6 nitrogen and oxygen atoms in total. The Morgan fingerprint density at radius 1 is 1.04 bits per heavy atom. The first-order chi connectivity index (χ1) is 11.9. The van der Waals surface area contributed by atoms with E-state index in [0.29, 0.717) is 30.3 Å². The van der Waals surface area contributed by atoms with Crippen molar-refractivity contribution < 1.29 is 22.7 Å². The number of sulfonamides is 1. The zero-order valence-electron chi connectivity index (χ0n) is 14.0. The summed E-state index contributed by atoms with van der Waals surface area (Å²) < 4.78 is 38.7. The van der Waals surface area contributed by atoms with Crippen LogP contribution in [0.2, 0.25) is 0 Å². The summed E-state index contributed by atoms with van der Waals surface area (Å²) in [5.41, 5.74) is 1.24. The Hall–Kier alpha value is -2.38. The maximum absolute atomic E-state index is 12.5. The fourth-order valence-corrected chi connectivity index (χ4v) is 3.80. The number of benzene rings is 2. The van der Waals surface area contributed by atoms with Crippen LogP contribution in [0.1, 0.15) is 35.8 Å². The number of hydrogen-bond acceptors (Lipinski definition) is 5. The van der Waals surface area contributed by atoms with Gasteiger partial charge in [-0.25, -0.2) is 13.1 Å². The molecule has 1 atom stereocenters. The third kappa shape index (κ3) is 3.83. The lowest BCUT2D eigenvalue weighted by atomic mass is 10.1. The number of rotatable bonds is 5. The van der Waals surface area contributed by atoms with Crippen LogP contribution in [-0.4, -0.2) is 27.4 Å². The first kappa shape index (κ1) is 17.4. The fourth-order valence-electron chi connectivity index (χ4n) is 2.57. The highest BCUT2D eigenvalue weighted by molar-refractivity contribution is 7.89. The van der Waals surface area contributed by atoms with E-state index in [1.807, 2.05) is 0 Å². The van der Waals surface area contributed by atoms with Gasteiger partial charge in [0.15, 0.2) is 17.3 Å². The maximum Gasteiger partial charge on any atom is 0.241 e. The van der Waals surface area contributed by atoms with Crippen molar-refractivity contribution in [1.82, 2.24) is 4.72 Å². The molecule has 0 unspecified atom stereocenters. The number of carbonyl (C=O) groups excluding carboxylic acids is 1. The number of nitrogens with one attached hydrogen (secondary N) is 1. The van der Waals surface area contributed by atoms with E-state index in [0.717, 1.165) is 5.56 Å². The zero-order valence-corrected chi connectivity index (χ0v) is 14.8. The van der Waals surface area contributed by atoms with Crippen LogP contribution in [0.5, 0.6) is 11.5 Å². The monoisotopic (exact) mass is 361 g/mol. The molecule has 3 rings (SSSR count). The Labute approximate surface area is 146 Å². The quantitative estimate of drug-likeness (QED) is 0.828. The van der Waals surface area contributed by atoms with Crippen LogP contribution in [0.25, 0.3) is 0 Å². The molecule has 0 bridgehead atoms. The van der Waals surface area contributed by atoms with Gasteiger partial charge in [0, 0.05) is 11.6 Å². The van der Waals surface area contributed by atoms with E-state index >= 15 is 0 Å². The van der Waals surface area contributed by atoms with Crippen molar-refractivity contribution in [3.8, 4) is 11.5 Å². The topological polar surface area (TPSA) is 81.7 Å². The molecule has 1 heterocycles. The second-order valence-corrected chi connectivity index (χ2v) is 7.54. The second kappa shape index (κ2) is 6.85. The second-order valence-electron chi connectivity index (χ2n) is 5.83. The van der Waals surface area contributed by atoms with Gasteiger partial charge in [-0.1, -0.05) is 18.2 Å². The first-order valence-electron chi connectivity index (χ1n) is 7.90. The molecule has 0 aromatic heterocycles. The summed E-state index contributed by atoms with van der Waals surface area (Å²) in [6.07, 6.45) is 0. The summed E-state index contributed by atoms with van der Waals surface area (Å²) in [6, 6.07) is 10.8. The molecule has 0 fully saturated rings. The largest absolute Gasteiger partial charge is 0.486 e. The molecule has 0 saturated carbocycles. The smallest absolute Gasteiger partial charge is 0.241 e. The minimum atomic E-state index is -3.70. The van der Waals surface area contributed by atoms with Crippen LogP contribution >= 0.6 is 0 Å². The van der Waals surface area contributed by atoms with Gasteiger partial charge in [0.2, 0.25) is 10.0 Å². The molecule has 0 aliphatic carbocycles. The van der Waals surface area contributed by atoms with Crippen molar-refractivity contribution in [2.24, 2.45) is 0 Å². The van der Waals surface area contributed by atoms with Crippen LogP contribution in [-0.2, 0) is 10.0 Å². The lowest BCUT2D eigenvalue weighted by Gasteiger charge is -2.21. The van der Waals surface area contributed by atoms with E-state index in [1.165, 1.54) is 31.2 Å². The van der Waals surface area contributed by atoms with Crippen molar-refractivity contribution in [2.45, 2.75) is 24.8 Å². The molecule has 0 spiro atoms. The predicted molar refractivity (Wildman–Crippen MR) is 92.6 cm³/mol. The van der Waals surface area contributed by atoms with Crippen LogP contribution in [0, 0.1) is 0 Å². The number of hydrogen-bond donors (Lipinski definition) is 1. The summed E-state index contributed by atoms with van der Waals surface area (Å²) in [5.74, 6) is 1.16. The highest BCUT2D eigenvalue weighted by Gasteiger charge is 2.20. The molecule has 2 aromatic carbocycles. The SMILES string of the molecule is CC(=O)c1ccc(S(=O)(=O)N[C@H](C)c2ccc3c(c2)OCCO3)cc1. The Balaban J connectivity index is 1.79. The van der Waals surface area contributed by atoms with Gasteiger partial charge in [0.05, 0.1) is 4.90 Å². The van der Waals surface area contributed by atoms with Gasteiger partial charge in [0.25, 0.3) is 0 Å². The molecule has 1 aliphatic rings. The minimum absolute atomic E-state index is 0.110. The van der Waals surface area contributed by atoms with E-state index < -0.39 is 16.1 Å². The molecule has 2 aromatic rings. The van der Waals surface area contributed by atoms with Gasteiger partial charge in [0.1, 0.15) is 13.2 Å². The van der Waals surface area contributed by atoms with Gasteiger partial charge in [-0.2, -0.15) is 0 Å². The number of ether oxygens (including phenoxy) is 2. The normalized spacial score (nSPS) is 14.8. The lowest BCUT2D eigenvalue weighted by Crippen LogP contribution is -2.27. The lowest BCUT2D eigenvalue weighted by molar-refractivity contribution is 0.101. The fraction of sp³-hybridized carbons (Fsp3) is 0.278. The molecule has 0 radical (unpaired) electrons. The van der Waals surface area contributed by atoms with E-state index in [9.17, 15) is 13.2 Å². The summed E-state index contributed by atoms with van der Waals surface area (Å²) in [5, 5.41) is 0. The third-order valence-electron chi connectivity index (χ3n) is 3.97. The van der Waals surface area contributed by atoms with Crippen molar-refractivity contribution in [2.75, 3.05) is 13.2 Å². The Bertz CT molecular complexity index is 890. The third-order valence-corrected chi connectivity index (χ3v) is 5.53. The highest BCUT2D eigenvalue weighted by Crippen LogP contribution is 2.32. The zero-order chi connectivity index (χ0) is 18.0. The molecule has 0 amide bonds. The Kier molecular flexibility index (Phi) is 4.78. The van der Waals surface area contributed by atoms with E-state index in [2.05, 4.69) is 4.72 Å². The van der Waals surface area contributed by atoms with Crippen molar-refractivity contribution in [3.05, 3.63) is 53.6 Å². The Morgan fingerprint density at radius 2 is 1.68 bits per heavy atom. The van der Waals surface area contributed by atoms with Crippen LogP contribution in [0.3, 0.4) is 0 Å². The number of ketones is 1. The molecule has 1 N–H and O–H groups in total. The predicted octanol–water partition coefficient (Wildman–Crippen LogP) is 2.70. The average Bonchev–Trinajstić information content (AvgIpc) is 2.61. The number of carbonyl (C=O) groups is 1. The number of Topliss-reactive ketones (excluding diaryl/α,β-unsaturated/α-hetero) is 1. The van der Waals surface area contributed by atoms with Crippen LogP contribution < -0.4 is 14.2 Å². The summed E-state index contributed by atoms with van der Waals surface area (Å²) in [7, 11) is -3.70. The summed E-state index contributed by atoms with van der Waals surface area (Å²) >= 11 is 0. The molecule has 132 valence electrons. The van der Waals surface area contributed by atoms with Crippen LogP contribution in [0.15, 0.2) is 47.4 Å². The van der Waals surface area contributed by atoms with Crippen molar-refractivity contribution >= 4 is 15.8 Å². The van der Waals surface area contributed by atoms with Gasteiger partial charge in [-0.05, 0) is 43.7 Å². The molecular formula is C18H19NO5S. The van der Waals surface area contributed by atoms with E-state index in [4.69, 9.17) is 9.47 Å².